The van der Waals surface area contributed by atoms with Gasteiger partial charge in [-0.2, -0.15) is 0 Å². The van der Waals surface area contributed by atoms with Crippen molar-refractivity contribution in [1.82, 2.24) is 30.2 Å². The maximum Gasteiger partial charge on any atom is 0.708 e. The van der Waals surface area contributed by atoms with Crippen molar-refractivity contribution in [2.24, 2.45) is 5.41 Å². The van der Waals surface area contributed by atoms with Crippen molar-refractivity contribution in [2.45, 2.75) is 122 Å². The Morgan fingerprint density at radius 3 is 2.35 bits per heavy atom. The highest BCUT2D eigenvalue weighted by Gasteiger charge is 2.50. The number of unbranched alkanes of at least 4 members (excludes halogenated alkanes) is 8. The van der Waals surface area contributed by atoms with Crippen molar-refractivity contribution in [3.8, 4) is 0 Å². The van der Waals surface area contributed by atoms with Crippen molar-refractivity contribution in [3.05, 3.63) is 12.7 Å². The molecule has 2 aromatic rings. The molecule has 2 amide bonds. The maximum atomic E-state index is 12.7. The highest BCUT2D eigenvalue weighted by atomic mass is 32.2. The Hall–Kier alpha value is -2.53. The second-order valence-corrected chi connectivity index (χ2v) is 19.5. The molecule has 1 fully saturated rings. The number of anilines is 1. The molecule has 27 heteroatoms. The lowest BCUT2D eigenvalue weighted by Crippen LogP contribution is -2.46. The van der Waals surface area contributed by atoms with Gasteiger partial charge in [0.1, 0.15) is 42.9 Å². The number of imidazole rings is 1. The fraction of sp³-hybridized carbons (Fsp3) is 0.758. The second-order valence-electron chi connectivity index (χ2n) is 14.6. The molecule has 60 heavy (non-hydrogen) atoms. The summed E-state index contributed by atoms with van der Waals surface area (Å²) in [6.07, 6.45) is 4.59. The molecule has 0 bridgehead atoms. The summed E-state index contributed by atoms with van der Waals surface area (Å²) in [5.74, 6) is -0.864. The second kappa shape index (κ2) is 24.9. The van der Waals surface area contributed by atoms with Crippen molar-refractivity contribution in [1.29, 1.82) is 0 Å². The number of carbonyl (C=O) groups is 3. The number of nitrogens with one attached hydrogen (secondary N) is 2. The Morgan fingerprint density at radius 2 is 1.68 bits per heavy atom. The topological polar surface area (TPSA) is 343 Å². The number of nitrogens with two attached hydrogens (primary N) is 1. The molecule has 1 saturated heterocycles. The minimum absolute atomic E-state index is 0.0161. The summed E-state index contributed by atoms with van der Waals surface area (Å²) in [5, 5.41) is 26.7. The van der Waals surface area contributed by atoms with E-state index in [1.807, 2.05) is 0 Å². The smallest absolute Gasteiger partial charge is 0.386 e. The Morgan fingerprint density at radius 1 is 1.02 bits per heavy atom. The number of hydrogen-bond donors (Lipinski definition) is 8. The molecule has 0 spiro atoms. The quantitative estimate of drug-likeness (QED) is 0.0429. The molecule has 23 nitrogen and oxygen atoms in total. The number of amides is 2. The van der Waals surface area contributed by atoms with Crippen LogP contribution in [0.25, 0.3) is 11.2 Å². The van der Waals surface area contributed by atoms with Gasteiger partial charge in [-0.1, -0.05) is 83.9 Å². The molecule has 2 aromatic heterocycles. The van der Waals surface area contributed by atoms with Crippen LogP contribution in [0, 0.1) is 5.41 Å². The molecule has 3 rings (SSSR count). The van der Waals surface area contributed by atoms with Crippen molar-refractivity contribution in [3.63, 3.8) is 0 Å². The van der Waals surface area contributed by atoms with E-state index in [0.717, 1.165) is 48.2 Å². The lowest BCUT2D eigenvalue weighted by atomic mass is 9.87. The number of ether oxygens (including phenoxy) is 1. The number of hydrogen-bond acceptors (Lipinski definition) is 18. The number of rotatable bonds is 29. The minimum atomic E-state index is -5.28. The lowest BCUT2D eigenvalue weighted by molar-refractivity contribution is -0.136. The average Bonchev–Trinajstić information content (AvgIpc) is 3.74. The van der Waals surface area contributed by atoms with E-state index in [1.54, 1.807) is 0 Å². The average molecular weight is 933 g/mol. The van der Waals surface area contributed by atoms with Gasteiger partial charge in [-0.15, -0.1) is 4.52 Å². The molecule has 3 heterocycles. The lowest BCUT2D eigenvalue weighted by Gasteiger charge is -2.26. The van der Waals surface area contributed by atoms with E-state index in [-0.39, 0.29) is 47.5 Å². The first-order valence-electron chi connectivity index (χ1n) is 19.4. The van der Waals surface area contributed by atoms with Gasteiger partial charge in [0.25, 0.3) is 0 Å². The van der Waals surface area contributed by atoms with Gasteiger partial charge in [0, 0.05) is 41.7 Å². The number of phosphoric ester groups is 2. The van der Waals surface area contributed by atoms with Crippen LogP contribution in [0.2, 0.25) is 0 Å². The van der Waals surface area contributed by atoms with Crippen LogP contribution < -0.4 is 16.4 Å². The number of aliphatic hydroxyl groups excluding tert-OH is 2. The number of aromatic nitrogens is 4. The van der Waals surface area contributed by atoms with Crippen LogP contribution in [0.5, 0.6) is 0 Å². The molecule has 0 aliphatic carbocycles. The van der Waals surface area contributed by atoms with E-state index >= 15 is 0 Å². The van der Waals surface area contributed by atoms with Gasteiger partial charge in [0.15, 0.2) is 22.8 Å². The molecule has 7 atom stereocenters. The predicted molar refractivity (Wildman–Crippen MR) is 217 cm³/mol. The fourth-order valence-corrected chi connectivity index (χ4v) is 8.99. The van der Waals surface area contributed by atoms with Crippen LogP contribution in [0.1, 0.15) is 97.6 Å². The zero-order valence-corrected chi connectivity index (χ0v) is 37.2. The number of fused-ring (bicyclic) bond motifs is 1. The van der Waals surface area contributed by atoms with E-state index < -0.39 is 79.1 Å². The molecule has 0 aromatic carbocycles. The normalized spacial score (nSPS) is 20.2. The number of thioether (sulfide) groups is 1. The van der Waals surface area contributed by atoms with Gasteiger partial charge < -0.3 is 41.1 Å². The number of nitrogen functional groups attached to an aromatic ring is 1. The van der Waals surface area contributed by atoms with Crippen molar-refractivity contribution < 1.29 is 75.6 Å². The van der Waals surface area contributed by atoms with Gasteiger partial charge in [-0.25, -0.2) is 24.1 Å². The standard InChI is InChI=1S/C33H56N7O16P3S/c1-4-5-6-7-8-9-10-11-12-13-24(42)60-17-16-35-23(41)14-15-36-31(45)28(44)33(2,3)19-52-57(46)56-59(50,51)53-18-22-27(55-58(47,48)49)26(43)32(54-22)40-21-39-25-29(34)37-20-38-30(25)40/h20-22,26-28,32,43-44H,4-19H2,1-3H3,(H6-,34,35,36,37,38,41,45,47,48,49,50,51)/p+1. The third-order valence-corrected chi connectivity index (χ3v) is 12.8. The Bertz CT molecular complexity index is 1820. The summed E-state index contributed by atoms with van der Waals surface area (Å²) in [6.45, 7) is 3.41. The summed E-state index contributed by atoms with van der Waals surface area (Å²) in [4.78, 5) is 77.8. The van der Waals surface area contributed by atoms with Crippen LogP contribution in [0.4, 0.5) is 5.82 Å². The van der Waals surface area contributed by atoms with Crippen LogP contribution in [-0.2, 0) is 50.7 Å². The van der Waals surface area contributed by atoms with Gasteiger partial charge in [0.05, 0.1) is 12.9 Å². The monoisotopic (exact) mass is 932 g/mol. The predicted octanol–water partition coefficient (Wildman–Crippen LogP) is 3.14. The molecule has 1 aliphatic rings. The van der Waals surface area contributed by atoms with E-state index in [1.165, 1.54) is 52.4 Å². The molecule has 7 unspecified atom stereocenters. The van der Waals surface area contributed by atoms with Gasteiger partial charge in [0.2, 0.25) is 11.8 Å². The summed E-state index contributed by atoms with van der Waals surface area (Å²) < 4.78 is 62.6. The highest BCUT2D eigenvalue weighted by molar-refractivity contribution is 8.13. The molecular weight excluding hydrogens is 875 g/mol. The number of nitrogens with zero attached hydrogens (tertiary/aromatic N) is 4. The molecule has 340 valence electrons. The van der Waals surface area contributed by atoms with Crippen LogP contribution >= 0.6 is 35.7 Å². The molecule has 0 saturated carbocycles. The number of carbonyl (C=O) groups excluding carboxylic acids is 3. The zero-order chi connectivity index (χ0) is 44.5. The van der Waals surface area contributed by atoms with Crippen LogP contribution in [0.15, 0.2) is 12.7 Å². The zero-order valence-electron chi connectivity index (χ0n) is 33.7. The third kappa shape index (κ3) is 17.7. The maximum absolute atomic E-state index is 12.7. The molecule has 9 N–H and O–H groups in total. The van der Waals surface area contributed by atoms with Gasteiger partial charge >= 0.3 is 23.9 Å². The number of aliphatic hydroxyl groups is 2. The highest BCUT2D eigenvalue weighted by Crippen LogP contribution is 2.54. The first-order chi connectivity index (χ1) is 28.2. The summed E-state index contributed by atoms with van der Waals surface area (Å²) in [6, 6.07) is 0. The SMILES string of the molecule is CCCCCCCCCCCC(=O)SCCNC(=O)CCNC(=O)C(O)C(C)(C)CO[P+](=O)OP(=O)(O)OCC1OC(n2cnc3c(N)ncnc32)C(O)C1OP(=O)(O)O. The molecule has 1 aliphatic heterocycles. The minimum Gasteiger partial charge on any atom is -0.386 e. The van der Waals surface area contributed by atoms with E-state index in [9.17, 15) is 53.0 Å². The summed E-state index contributed by atoms with van der Waals surface area (Å²) >= 11 is 1.16. The number of phosphoric acid groups is 2. The first-order valence-corrected chi connectivity index (χ1v) is 24.5. The molecular formula is C33H57N7O16P3S+. The van der Waals surface area contributed by atoms with E-state index in [0.29, 0.717) is 12.2 Å². The first kappa shape index (κ1) is 51.8. The molecule has 0 radical (unpaired) electrons. The van der Waals surface area contributed by atoms with E-state index in [4.69, 9.17) is 19.5 Å². The third-order valence-electron chi connectivity index (χ3n) is 9.16. The summed E-state index contributed by atoms with van der Waals surface area (Å²) in [7, 11) is -14.0. The van der Waals surface area contributed by atoms with Gasteiger partial charge in [-0.05, 0) is 10.7 Å². The Kier molecular flexibility index (Phi) is 21.5. The largest absolute Gasteiger partial charge is 0.708 e. The van der Waals surface area contributed by atoms with Crippen molar-refractivity contribution >= 4 is 69.6 Å². The van der Waals surface area contributed by atoms with Gasteiger partial charge in [-0.3, -0.25) is 32.9 Å². The van der Waals surface area contributed by atoms with Crippen molar-refractivity contribution in [2.75, 3.05) is 37.8 Å². The summed E-state index contributed by atoms with van der Waals surface area (Å²) in [5.41, 5.74) is 4.52. The Labute approximate surface area is 352 Å². The van der Waals surface area contributed by atoms with E-state index in [2.05, 4.69) is 41.3 Å². The Balaban J connectivity index is 1.35. The van der Waals surface area contributed by atoms with Crippen LogP contribution in [0.3, 0.4) is 0 Å². The van der Waals surface area contributed by atoms with Crippen LogP contribution in [-0.4, -0.2) is 118 Å². The fourth-order valence-electron chi connectivity index (χ4n) is 5.87.